The first-order chi connectivity index (χ1) is 9.61. The summed E-state index contributed by atoms with van der Waals surface area (Å²) >= 11 is 0. The number of likely N-dealkylation sites (tertiary alicyclic amines) is 2. The minimum absolute atomic E-state index is 0.000251. The number of hydrogen-bond acceptors (Lipinski definition) is 3. The molecule has 1 unspecified atom stereocenters. The van der Waals surface area contributed by atoms with E-state index in [0.29, 0.717) is 12.6 Å². The molecule has 0 aliphatic carbocycles. The number of piperidine rings is 2. The van der Waals surface area contributed by atoms with Crippen LogP contribution in [0, 0.1) is 5.92 Å². The van der Waals surface area contributed by atoms with E-state index >= 15 is 0 Å². The molecule has 2 aliphatic rings. The second-order valence-electron chi connectivity index (χ2n) is 6.10. The Labute approximate surface area is 121 Å². The highest BCUT2D eigenvalue weighted by Crippen LogP contribution is 2.21. The third-order valence-corrected chi connectivity index (χ3v) is 4.77. The molecule has 2 fully saturated rings. The maximum atomic E-state index is 12.4. The fraction of sp³-hybridized carbons (Fsp3) is 0.867. The summed E-state index contributed by atoms with van der Waals surface area (Å²) in [6.07, 6.45) is 6.15. The van der Waals surface area contributed by atoms with Gasteiger partial charge in [0.25, 0.3) is 0 Å². The van der Waals surface area contributed by atoms with Crippen LogP contribution in [-0.4, -0.2) is 53.8 Å². The van der Waals surface area contributed by atoms with Crippen LogP contribution < -0.4 is 5.73 Å². The Morgan fingerprint density at radius 1 is 1.10 bits per heavy atom. The van der Waals surface area contributed by atoms with Crippen LogP contribution in [0.4, 0.5) is 0 Å². The summed E-state index contributed by atoms with van der Waals surface area (Å²) in [4.78, 5) is 27.8. The Bertz CT molecular complexity index is 351. The monoisotopic (exact) mass is 281 g/mol. The molecule has 2 heterocycles. The van der Waals surface area contributed by atoms with E-state index in [2.05, 4.69) is 16.7 Å². The number of amides is 2. The highest BCUT2D eigenvalue weighted by atomic mass is 16.2. The molecule has 0 radical (unpaired) electrons. The Balaban J connectivity index is 1.81. The lowest BCUT2D eigenvalue weighted by Gasteiger charge is -2.37. The Hall–Kier alpha value is -1.10. The molecule has 1 atom stereocenters. The van der Waals surface area contributed by atoms with E-state index in [1.165, 1.54) is 6.42 Å². The molecule has 0 aromatic rings. The zero-order chi connectivity index (χ0) is 14.5. The molecule has 2 N–H and O–H groups in total. The van der Waals surface area contributed by atoms with Crippen LogP contribution >= 0.6 is 0 Å². The van der Waals surface area contributed by atoms with E-state index in [9.17, 15) is 9.59 Å². The number of rotatable bonds is 4. The second kappa shape index (κ2) is 7.07. The Morgan fingerprint density at radius 2 is 1.80 bits per heavy atom. The van der Waals surface area contributed by atoms with Crippen molar-refractivity contribution in [3.05, 3.63) is 0 Å². The summed E-state index contributed by atoms with van der Waals surface area (Å²) in [5.41, 5.74) is 5.33. The highest BCUT2D eigenvalue weighted by molar-refractivity contribution is 5.79. The lowest BCUT2D eigenvalue weighted by Crippen LogP contribution is -2.49. The molecule has 2 rings (SSSR count). The van der Waals surface area contributed by atoms with Gasteiger partial charge in [-0.05, 0) is 51.6 Å². The largest absolute Gasteiger partial charge is 0.369 e. The average molecular weight is 281 g/mol. The fourth-order valence-electron chi connectivity index (χ4n) is 3.41. The van der Waals surface area contributed by atoms with Gasteiger partial charge in [-0.3, -0.25) is 14.5 Å². The van der Waals surface area contributed by atoms with Crippen LogP contribution in [0.15, 0.2) is 0 Å². The number of nitrogens with two attached hydrogens (primary N) is 1. The first kappa shape index (κ1) is 15.3. The maximum absolute atomic E-state index is 12.4. The van der Waals surface area contributed by atoms with Gasteiger partial charge < -0.3 is 10.6 Å². The van der Waals surface area contributed by atoms with Crippen LogP contribution in [0.2, 0.25) is 0 Å². The number of nitrogens with zero attached hydrogens (tertiary/aromatic N) is 2. The molecule has 5 heteroatoms. The zero-order valence-electron chi connectivity index (χ0n) is 12.5. The molecule has 2 aliphatic heterocycles. The molecule has 0 aromatic heterocycles. The minimum Gasteiger partial charge on any atom is -0.369 e. The van der Waals surface area contributed by atoms with Crippen LogP contribution in [0.5, 0.6) is 0 Å². The highest BCUT2D eigenvalue weighted by Gasteiger charge is 2.29. The topological polar surface area (TPSA) is 66.6 Å². The van der Waals surface area contributed by atoms with E-state index in [1.807, 2.05) is 0 Å². The predicted molar refractivity (Wildman–Crippen MR) is 78.0 cm³/mol. The van der Waals surface area contributed by atoms with Gasteiger partial charge >= 0.3 is 0 Å². The molecule has 0 spiro atoms. The first-order valence-electron chi connectivity index (χ1n) is 7.93. The van der Waals surface area contributed by atoms with Crippen molar-refractivity contribution in [2.45, 2.75) is 51.5 Å². The average Bonchev–Trinajstić information content (AvgIpc) is 2.47. The molecular weight excluding hydrogens is 254 g/mol. The molecule has 5 nitrogen and oxygen atoms in total. The van der Waals surface area contributed by atoms with Crippen molar-refractivity contribution < 1.29 is 9.59 Å². The van der Waals surface area contributed by atoms with Crippen LogP contribution in [0.3, 0.4) is 0 Å². The predicted octanol–water partition coefficient (Wildman–Crippen LogP) is 0.975. The Kier molecular flexibility index (Phi) is 5.40. The Morgan fingerprint density at radius 3 is 2.40 bits per heavy atom. The maximum Gasteiger partial charge on any atom is 0.236 e. The second-order valence-corrected chi connectivity index (χ2v) is 6.10. The van der Waals surface area contributed by atoms with E-state index in [1.54, 1.807) is 0 Å². The standard InChI is InChI=1S/C15H27N3O2/c1-2-13-5-3-4-8-18(13)14(19)11-17-9-6-12(7-10-17)15(16)20/h12-13H,2-11H2,1H3,(H2,16,20). The smallest absolute Gasteiger partial charge is 0.236 e. The quantitative estimate of drug-likeness (QED) is 0.835. The fourth-order valence-corrected chi connectivity index (χ4v) is 3.41. The summed E-state index contributed by atoms with van der Waals surface area (Å²) in [7, 11) is 0. The van der Waals surface area contributed by atoms with Crippen molar-refractivity contribution >= 4 is 11.8 Å². The van der Waals surface area contributed by atoms with Gasteiger partial charge in [0, 0.05) is 18.5 Å². The van der Waals surface area contributed by atoms with Crippen LogP contribution in [0.25, 0.3) is 0 Å². The van der Waals surface area contributed by atoms with E-state index in [-0.39, 0.29) is 17.7 Å². The van der Waals surface area contributed by atoms with Gasteiger partial charge in [0.1, 0.15) is 0 Å². The van der Waals surface area contributed by atoms with Gasteiger partial charge in [-0.2, -0.15) is 0 Å². The third-order valence-electron chi connectivity index (χ3n) is 4.77. The zero-order valence-corrected chi connectivity index (χ0v) is 12.5. The minimum atomic E-state index is -0.196. The van der Waals surface area contributed by atoms with Crippen molar-refractivity contribution in [1.29, 1.82) is 0 Å². The van der Waals surface area contributed by atoms with Gasteiger partial charge in [0.15, 0.2) is 0 Å². The van der Waals surface area contributed by atoms with E-state index < -0.39 is 0 Å². The van der Waals surface area contributed by atoms with Crippen molar-refractivity contribution in [3.63, 3.8) is 0 Å². The summed E-state index contributed by atoms with van der Waals surface area (Å²) in [5, 5.41) is 0. The van der Waals surface area contributed by atoms with Crippen molar-refractivity contribution in [2.75, 3.05) is 26.2 Å². The molecule has 0 bridgehead atoms. The number of primary amides is 1. The summed E-state index contributed by atoms with van der Waals surface area (Å²) in [5.74, 6) is 0.0619. The molecule has 0 aromatic carbocycles. The first-order valence-corrected chi connectivity index (χ1v) is 7.93. The number of hydrogen-bond donors (Lipinski definition) is 1. The van der Waals surface area contributed by atoms with Crippen molar-refractivity contribution in [1.82, 2.24) is 9.80 Å². The van der Waals surface area contributed by atoms with Crippen molar-refractivity contribution in [2.24, 2.45) is 11.7 Å². The summed E-state index contributed by atoms with van der Waals surface area (Å²) in [6, 6.07) is 0.430. The summed E-state index contributed by atoms with van der Waals surface area (Å²) in [6.45, 7) is 5.19. The number of carbonyl (C=O) groups excluding carboxylic acids is 2. The van der Waals surface area contributed by atoms with Crippen LogP contribution in [0.1, 0.15) is 45.4 Å². The lowest BCUT2D eigenvalue weighted by molar-refractivity contribution is -0.136. The molecule has 2 amide bonds. The molecular formula is C15H27N3O2. The molecule has 114 valence electrons. The van der Waals surface area contributed by atoms with E-state index in [0.717, 1.165) is 51.7 Å². The van der Waals surface area contributed by atoms with Crippen molar-refractivity contribution in [3.8, 4) is 0 Å². The molecule has 20 heavy (non-hydrogen) atoms. The van der Waals surface area contributed by atoms with Gasteiger partial charge in [-0.15, -0.1) is 0 Å². The van der Waals surface area contributed by atoms with Gasteiger partial charge in [-0.1, -0.05) is 6.92 Å². The van der Waals surface area contributed by atoms with Gasteiger partial charge in [0.05, 0.1) is 6.54 Å². The van der Waals surface area contributed by atoms with Crippen LogP contribution in [-0.2, 0) is 9.59 Å². The molecule has 0 saturated carbocycles. The number of carbonyl (C=O) groups is 2. The molecule has 2 saturated heterocycles. The van der Waals surface area contributed by atoms with Gasteiger partial charge in [0.2, 0.25) is 11.8 Å². The normalized spacial score (nSPS) is 25.6. The SMILES string of the molecule is CCC1CCCCN1C(=O)CN1CCC(C(N)=O)CC1. The summed E-state index contributed by atoms with van der Waals surface area (Å²) < 4.78 is 0. The van der Waals surface area contributed by atoms with Gasteiger partial charge in [-0.25, -0.2) is 0 Å². The third kappa shape index (κ3) is 3.72. The lowest BCUT2D eigenvalue weighted by atomic mass is 9.96. The van der Waals surface area contributed by atoms with E-state index in [4.69, 9.17) is 5.73 Å².